The van der Waals surface area contributed by atoms with E-state index in [1.54, 1.807) is 6.33 Å². The molecule has 1 saturated carbocycles. The van der Waals surface area contributed by atoms with Crippen molar-refractivity contribution in [2.24, 2.45) is 5.92 Å². The maximum atomic E-state index is 4.13. The summed E-state index contributed by atoms with van der Waals surface area (Å²) in [6, 6.07) is 0.668. The Hall–Kier alpha value is -0.900. The van der Waals surface area contributed by atoms with E-state index in [2.05, 4.69) is 27.4 Å². The maximum absolute atomic E-state index is 4.13. The van der Waals surface area contributed by atoms with Crippen molar-refractivity contribution in [2.75, 3.05) is 0 Å². The predicted octanol–water partition coefficient (Wildman–Crippen LogP) is 2.25. The molecule has 4 nitrogen and oxygen atoms in total. The highest BCUT2D eigenvalue weighted by atomic mass is 15.2. The van der Waals surface area contributed by atoms with Crippen molar-refractivity contribution in [3.63, 3.8) is 0 Å². The van der Waals surface area contributed by atoms with Crippen LogP contribution in [0, 0.1) is 5.92 Å². The molecule has 1 aromatic heterocycles. The van der Waals surface area contributed by atoms with Gasteiger partial charge in [-0.25, -0.2) is 4.98 Å². The minimum Gasteiger partial charge on any atom is -0.307 e. The van der Waals surface area contributed by atoms with Crippen molar-refractivity contribution in [1.29, 1.82) is 0 Å². The molecule has 4 heteroatoms. The number of aromatic amines is 1. The van der Waals surface area contributed by atoms with Crippen LogP contribution in [0.3, 0.4) is 0 Å². The van der Waals surface area contributed by atoms with Gasteiger partial charge >= 0.3 is 0 Å². The van der Waals surface area contributed by atoms with Gasteiger partial charge in [0.1, 0.15) is 12.2 Å². The number of H-pyrrole nitrogens is 1. The maximum Gasteiger partial charge on any atom is 0.138 e. The molecular formula is C12H22N4. The monoisotopic (exact) mass is 222 g/mol. The molecule has 1 aliphatic rings. The van der Waals surface area contributed by atoms with E-state index in [4.69, 9.17) is 0 Å². The first-order valence-corrected chi connectivity index (χ1v) is 6.46. The van der Waals surface area contributed by atoms with Gasteiger partial charge in [-0.3, -0.25) is 5.10 Å². The molecule has 2 unspecified atom stereocenters. The SMILES string of the molecule is CCC1CCCC(NCc2ncn[nH]2)CC1. The molecule has 1 aromatic rings. The molecule has 0 radical (unpaired) electrons. The zero-order valence-electron chi connectivity index (χ0n) is 10.1. The fraction of sp³-hybridized carbons (Fsp3) is 0.833. The zero-order valence-corrected chi connectivity index (χ0v) is 10.1. The van der Waals surface area contributed by atoms with Crippen molar-refractivity contribution >= 4 is 0 Å². The second-order valence-corrected chi connectivity index (χ2v) is 4.79. The Kier molecular flexibility index (Phi) is 4.34. The fourth-order valence-corrected chi connectivity index (χ4v) is 2.55. The second-order valence-electron chi connectivity index (χ2n) is 4.79. The van der Waals surface area contributed by atoms with E-state index >= 15 is 0 Å². The molecule has 1 fully saturated rings. The Labute approximate surface area is 97.2 Å². The van der Waals surface area contributed by atoms with E-state index in [0.29, 0.717) is 6.04 Å². The summed E-state index contributed by atoms with van der Waals surface area (Å²) < 4.78 is 0. The largest absolute Gasteiger partial charge is 0.307 e. The van der Waals surface area contributed by atoms with Crippen LogP contribution in [0.15, 0.2) is 6.33 Å². The van der Waals surface area contributed by atoms with Crippen LogP contribution >= 0.6 is 0 Å². The van der Waals surface area contributed by atoms with Gasteiger partial charge in [-0.15, -0.1) is 0 Å². The first-order valence-electron chi connectivity index (χ1n) is 6.46. The summed E-state index contributed by atoms with van der Waals surface area (Å²) in [5.74, 6) is 1.90. The molecule has 0 saturated heterocycles. The van der Waals surface area contributed by atoms with Gasteiger partial charge in [-0.05, 0) is 25.2 Å². The van der Waals surface area contributed by atoms with Gasteiger partial charge in [0.15, 0.2) is 0 Å². The topological polar surface area (TPSA) is 53.6 Å². The minimum atomic E-state index is 0.668. The first kappa shape index (κ1) is 11.6. The van der Waals surface area contributed by atoms with E-state index in [1.165, 1.54) is 38.5 Å². The van der Waals surface area contributed by atoms with Gasteiger partial charge in [0.2, 0.25) is 0 Å². The van der Waals surface area contributed by atoms with Gasteiger partial charge in [0.25, 0.3) is 0 Å². The summed E-state index contributed by atoms with van der Waals surface area (Å²) in [4.78, 5) is 4.13. The Morgan fingerprint density at radius 3 is 3.06 bits per heavy atom. The van der Waals surface area contributed by atoms with E-state index in [9.17, 15) is 0 Å². The van der Waals surface area contributed by atoms with E-state index in [0.717, 1.165) is 18.3 Å². The number of hydrogen-bond donors (Lipinski definition) is 2. The molecule has 0 amide bonds. The Morgan fingerprint density at radius 1 is 1.38 bits per heavy atom. The normalized spacial score (nSPS) is 26.6. The van der Waals surface area contributed by atoms with Crippen LogP contribution in [-0.4, -0.2) is 21.2 Å². The first-order chi connectivity index (χ1) is 7.88. The lowest BCUT2D eigenvalue weighted by atomic mass is 9.98. The average molecular weight is 222 g/mol. The molecule has 16 heavy (non-hydrogen) atoms. The molecule has 2 N–H and O–H groups in total. The number of aromatic nitrogens is 3. The second kappa shape index (κ2) is 5.99. The number of nitrogens with one attached hydrogen (secondary N) is 2. The smallest absolute Gasteiger partial charge is 0.138 e. The van der Waals surface area contributed by atoms with Crippen molar-refractivity contribution in [3.05, 3.63) is 12.2 Å². The van der Waals surface area contributed by atoms with Gasteiger partial charge in [0, 0.05) is 6.04 Å². The third-order valence-electron chi connectivity index (χ3n) is 3.69. The highest BCUT2D eigenvalue weighted by molar-refractivity contribution is 4.82. The van der Waals surface area contributed by atoms with E-state index in [1.807, 2.05) is 0 Å². The molecule has 1 aliphatic carbocycles. The summed E-state index contributed by atoms with van der Waals surface area (Å²) in [6.45, 7) is 3.13. The zero-order chi connectivity index (χ0) is 11.2. The Balaban J connectivity index is 1.73. The van der Waals surface area contributed by atoms with Crippen LogP contribution in [-0.2, 0) is 6.54 Å². The van der Waals surface area contributed by atoms with E-state index < -0.39 is 0 Å². The molecule has 0 spiro atoms. The van der Waals surface area contributed by atoms with Gasteiger partial charge in [-0.2, -0.15) is 5.10 Å². The summed E-state index contributed by atoms with van der Waals surface area (Å²) in [6.07, 6.45) is 9.69. The van der Waals surface area contributed by atoms with Crippen molar-refractivity contribution < 1.29 is 0 Å². The molecule has 0 bridgehead atoms. The van der Waals surface area contributed by atoms with Gasteiger partial charge < -0.3 is 5.32 Å². The lowest BCUT2D eigenvalue weighted by Crippen LogP contribution is -2.28. The third-order valence-corrected chi connectivity index (χ3v) is 3.69. The Morgan fingerprint density at radius 2 is 2.31 bits per heavy atom. The lowest BCUT2D eigenvalue weighted by molar-refractivity contribution is 0.423. The molecular weight excluding hydrogens is 200 g/mol. The predicted molar refractivity (Wildman–Crippen MR) is 63.9 cm³/mol. The lowest BCUT2D eigenvalue weighted by Gasteiger charge is -2.15. The standard InChI is InChI=1S/C12H22N4/c1-2-10-4-3-5-11(7-6-10)13-8-12-14-9-15-16-12/h9-11,13H,2-8H2,1H3,(H,14,15,16). The van der Waals surface area contributed by atoms with Crippen LogP contribution < -0.4 is 5.32 Å². The third kappa shape index (κ3) is 3.30. The molecule has 1 heterocycles. The van der Waals surface area contributed by atoms with Crippen LogP contribution in [0.4, 0.5) is 0 Å². The fourth-order valence-electron chi connectivity index (χ4n) is 2.55. The van der Waals surface area contributed by atoms with E-state index in [-0.39, 0.29) is 0 Å². The van der Waals surface area contributed by atoms with Crippen LogP contribution in [0.1, 0.15) is 51.3 Å². The van der Waals surface area contributed by atoms with Crippen LogP contribution in [0.25, 0.3) is 0 Å². The summed E-state index contributed by atoms with van der Waals surface area (Å²) in [7, 11) is 0. The van der Waals surface area contributed by atoms with Crippen molar-refractivity contribution in [1.82, 2.24) is 20.5 Å². The van der Waals surface area contributed by atoms with Gasteiger partial charge in [0.05, 0.1) is 6.54 Å². The average Bonchev–Trinajstić information content (AvgIpc) is 2.72. The molecule has 90 valence electrons. The molecule has 2 rings (SSSR count). The molecule has 2 atom stereocenters. The molecule has 0 aliphatic heterocycles. The number of rotatable bonds is 4. The number of hydrogen-bond acceptors (Lipinski definition) is 3. The summed E-state index contributed by atoms with van der Waals surface area (Å²) >= 11 is 0. The summed E-state index contributed by atoms with van der Waals surface area (Å²) in [5, 5.41) is 10.3. The number of nitrogens with zero attached hydrogens (tertiary/aromatic N) is 2. The van der Waals surface area contributed by atoms with Crippen molar-refractivity contribution in [3.8, 4) is 0 Å². The summed E-state index contributed by atoms with van der Waals surface area (Å²) in [5.41, 5.74) is 0. The minimum absolute atomic E-state index is 0.668. The Bertz CT molecular complexity index is 283. The highest BCUT2D eigenvalue weighted by Gasteiger charge is 2.17. The van der Waals surface area contributed by atoms with Crippen LogP contribution in [0.2, 0.25) is 0 Å². The quantitative estimate of drug-likeness (QED) is 0.768. The van der Waals surface area contributed by atoms with Gasteiger partial charge in [-0.1, -0.05) is 26.2 Å². The van der Waals surface area contributed by atoms with Crippen molar-refractivity contribution in [2.45, 2.75) is 58.0 Å². The molecule has 0 aromatic carbocycles. The van der Waals surface area contributed by atoms with Crippen LogP contribution in [0.5, 0.6) is 0 Å². The highest BCUT2D eigenvalue weighted by Crippen LogP contribution is 2.25.